The van der Waals surface area contributed by atoms with E-state index in [1.54, 1.807) is 18.2 Å². The zero-order valence-electron chi connectivity index (χ0n) is 17.9. The lowest BCUT2D eigenvalue weighted by atomic mass is 9.95. The Morgan fingerprint density at radius 1 is 1.06 bits per heavy atom. The molecule has 3 N–H and O–H groups in total. The SMILES string of the molecule is CC(C)CC(NC(=O)C1Cc2ccccc2CN1)C(=O)Nc1ccc2c(c1)OCCO2. The third kappa shape index (κ3) is 5.17. The maximum Gasteiger partial charge on any atom is 0.246 e. The summed E-state index contributed by atoms with van der Waals surface area (Å²) in [6, 6.07) is 12.4. The second-order valence-electron chi connectivity index (χ2n) is 8.44. The molecule has 7 nitrogen and oxygen atoms in total. The highest BCUT2D eigenvalue weighted by molar-refractivity contribution is 5.98. The molecule has 2 unspecified atom stereocenters. The lowest BCUT2D eigenvalue weighted by Crippen LogP contribution is -2.53. The molecule has 31 heavy (non-hydrogen) atoms. The van der Waals surface area contributed by atoms with Crippen LogP contribution in [-0.2, 0) is 22.6 Å². The number of hydrogen-bond donors (Lipinski definition) is 3. The van der Waals surface area contributed by atoms with Crippen LogP contribution >= 0.6 is 0 Å². The molecule has 2 aromatic rings. The molecular weight excluding hydrogens is 394 g/mol. The van der Waals surface area contributed by atoms with Gasteiger partial charge >= 0.3 is 0 Å². The normalized spacial score (nSPS) is 18.1. The van der Waals surface area contributed by atoms with E-state index in [4.69, 9.17) is 9.47 Å². The average molecular weight is 424 g/mol. The molecule has 7 heteroatoms. The quantitative estimate of drug-likeness (QED) is 0.665. The van der Waals surface area contributed by atoms with Crippen molar-refractivity contribution >= 4 is 17.5 Å². The number of amides is 2. The van der Waals surface area contributed by atoms with Crippen LogP contribution in [0.15, 0.2) is 42.5 Å². The number of benzene rings is 2. The summed E-state index contributed by atoms with van der Waals surface area (Å²) in [5.74, 6) is 1.13. The van der Waals surface area contributed by atoms with E-state index < -0.39 is 6.04 Å². The second kappa shape index (κ2) is 9.39. The Labute approximate surface area is 182 Å². The van der Waals surface area contributed by atoms with Crippen molar-refractivity contribution in [3.8, 4) is 11.5 Å². The van der Waals surface area contributed by atoms with Crippen molar-refractivity contribution in [1.82, 2.24) is 10.6 Å². The predicted octanol–water partition coefficient (Wildman–Crippen LogP) is 2.64. The molecule has 2 aromatic carbocycles. The van der Waals surface area contributed by atoms with Gasteiger partial charge in [0.2, 0.25) is 11.8 Å². The lowest BCUT2D eigenvalue weighted by molar-refractivity contribution is -0.128. The van der Waals surface area contributed by atoms with E-state index in [1.165, 1.54) is 11.1 Å². The van der Waals surface area contributed by atoms with Crippen LogP contribution in [0.5, 0.6) is 11.5 Å². The van der Waals surface area contributed by atoms with E-state index in [1.807, 2.05) is 26.0 Å². The third-order valence-corrected chi connectivity index (χ3v) is 5.55. The third-order valence-electron chi connectivity index (χ3n) is 5.55. The van der Waals surface area contributed by atoms with Crippen LogP contribution < -0.4 is 25.4 Å². The van der Waals surface area contributed by atoms with Crippen molar-refractivity contribution in [1.29, 1.82) is 0 Å². The van der Waals surface area contributed by atoms with Gasteiger partial charge in [-0.1, -0.05) is 38.1 Å². The molecule has 0 fully saturated rings. The first kappa shape index (κ1) is 21.2. The minimum atomic E-state index is -0.625. The first-order chi connectivity index (χ1) is 15.0. The van der Waals surface area contributed by atoms with Crippen LogP contribution in [0.4, 0.5) is 5.69 Å². The molecule has 2 atom stereocenters. The molecule has 0 aliphatic carbocycles. The van der Waals surface area contributed by atoms with E-state index in [2.05, 4.69) is 28.1 Å². The van der Waals surface area contributed by atoms with Gasteiger partial charge in [-0.05, 0) is 42.0 Å². The summed E-state index contributed by atoms with van der Waals surface area (Å²) in [5, 5.41) is 9.16. The fourth-order valence-corrected chi connectivity index (χ4v) is 3.97. The van der Waals surface area contributed by atoms with Crippen LogP contribution in [0.25, 0.3) is 0 Å². The average Bonchev–Trinajstić information content (AvgIpc) is 2.77. The highest BCUT2D eigenvalue weighted by Gasteiger charge is 2.29. The summed E-state index contributed by atoms with van der Waals surface area (Å²) in [6.07, 6.45) is 1.16. The molecular formula is C24H29N3O4. The molecule has 0 spiro atoms. The molecule has 2 amide bonds. The summed E-state index contributed by atoms with van der Waals surface area (Å²) in [5.41, 5.74) is 2.99. The number of carbonyl (C=O) groups excluding carboxylic acids is 2. The minimum Gasteiger partial charge on any atom is -0.486 e. The number of anilines is 1. The molecule has 0 aromatic heterocycles. The summed E-state index contributed by atoms with van der Waals surface area (Å²) in [6.45, 7) is 5.71. The standard InChI is InChI=1S/C24H29N3O4/c1-15(2)11-20(24(29)26-18-7-8-21-22(13-18)31-10-9-30-21)27-23(28)19-12-16-5-3-4-6-17(16)14-25-19/h3-8,13,15,19-20,25H,9-12,14H2,1-2H3,(H,26,29)(H,27,28). The van der Waals surface area contributed by atoms with E-state index in [-0.39, 0.29) is 23.8 Å². The largest absolute Gasteiger partial charge is 0.486 e. The number of fused-ring (bicyclic) bond motifs is 2. The molecule has 0 saturated heterocycles. The molecule has 0 saturated carbocycles. The number of carbonyl (C=O) groups is 2. The maximum atomic E-state index is 13.0. The summed E-state index contributed by atoms with van der Waals surface area (Å²) in [7, 11) is 0. The van der Waals surface area contributed by atoms with E-state index >= 15 is 0 Å². The Kier molecular flexibility index (Phi) is 6.42. The Hall–Kier alpha value is -3.06. The Balaban J connectivity index is 1.42. The predicted molar refractivity (Wildman–Crippen MR) is 118 cm³/mol. The first-order valence-electron chi connectivity index (χ1n) is 10.8. The van der Waals surface area contributed by atoms with Crippen molar-refractivity contribution in [2.24, 2.45) is 5.92 Å². The molecule has 4 rings (SSSR count). The summed E-state index contributed by atoms with van der Waals surface area (Å²) in [4.78, 5) is 26.0. The van der Waals surface area contributed by atoms with Gasteiger partial charge in [-0.25, -0.2) is 0 Å². The van der Waals surface area contributed by atoms with Crippen molar-refractivity contribution in [2.45, 2.75) is 45.3 Å². The van der Waals surface area contributed by atoms with Crippen molar-refractivity contribution < 1.29 is 19.1 Å². The van der Waals surface area contributed by atoms with E-state index in [0.717, 1.165) is 0 Å². The number of nitrogens with one attached hydrogen (secondary N) is 3. The van der Waals surface area contributed by atoms with Crippen molar-refractivity contribution in [3.05, 3.63) is 53.6 Å². The van der Waals surface area contributed by atoms with Gasteiger partial charge in [-0.2, -0.15) is 0 Å². The highest BCUT2D eigenvalue weighted by atomic mass is 16.6. The lowest BCUT2D eigenvalue weighted by Gasteiger charge is -2.28. The summed E-state index contributed by atoms with van der Waals surface area (Å²) < 4.78 is 11.1. The van der Waals surface area contributed by atoms with Crippen molar-refractivity contribution in [2.75, 3.05) is 18.5 Å². The number of ether oxygens (including phenoxy) is 2. The van der Waals surface area contributed by atoms with Gasteiger partial charge in [0.25, 0.3) is 0 Å². The van der Waals surface area contributed by atoms with Gasteiger partial charge in [0.15, 0.2) is 11.5 Å². The molecule has 0 radical (unpaired) electrons. The number of rotatable bonds is 6. The molecule has 2 aliphatic rings. The zero-order valence-corrected chi connectivity index (χ0v) is 17.9. The highest BCUT2D eigenvalue weighted by Crippen LogP contribution is 2.32. The summed E-state index contributed by atoms with van der Waals surface area (Å²) >= 11 is 0. The fourth-order valence-electron chi connectivity index (χ4n) is 3.97. The van der Waals surface area contributed by atoms with Gasteiger partial charge in [0.1, 0.15) is 19.3 Å². The number of hydrogen-bond acceptors (Lipinski definition) is 5. The van der Waals surface area contributed by atoms with Gasteiger partial charge in [-0.15, -0.1) is 0 Å². The van der Waals surface area contributed by atoms with E-state index in [9.17, 15) is 9.59 Å². The maximum absolute atomic E-state index is 13.0. The van der Waals surface area contributed by atoms with Gasteiger partial charge in [0, 0.05) is 18.3 Å². The molecule has 0 bridgehead atoms. The molecule has 164 valence electrons. The van der Waals surface area contributed by atoms with Gasteiger partial charge in [-0.3, -0.25) is 9.59 Å². The minimum absolute atomic E-state index is 0.155. The Morgan fingerprint density at radius 2 is 1.81 bits per heavy atom. The van der Waals surface area contributed by atoms with Crippen LogP contribution in [0.2, 0.25) is 0 Å². The fraction of sp³-hybridized carbons (Fsp3) is 0.417. The van der Waals surface area contributed by atoms with Crippen LogP contribution in [0, 0.1) is 5.92 Å². The monoisotopic (exact) mass is 423 g/mol. The Bertz CT molecular complexity index is 960. The van der Waals surface area contributed by atoms with Crippen LogP contribution in [0.1, 0.15) is 31.4 Å². The topological polar surface area (TPSA) is 88.7 Å². The Morgan fingerprint density at radius 3 is 2.58 bits per heavy atom. The van der Waals surface area contributed by atoms with Gasteiger partial charge < -0.3 is 25.4 Å². The zero-order chi connectivity index (χ0) is 21.8. The van der Waals surface area contributed by atoms with Crippen LogP contribution in [0.3, 0.4) is 0 Å². The smallest absolute Gasteiger partial charge is 0.246 e. The van der Waals surface area contributed by atoms with E-state index in [0.29, 0.717) is 49.8 Å². The van der Waals surface area contributed by atoms with Crippen LogP contribution in [-0.4, -0.2) is 37.1 Å². The van der Waals surface area contributed by atoms with Gasteiger partial charge in [0.05, 0.1) is 6.04 Å². The molecule has 2 heterocycles. The first-order valence-corrected chi connectivity index (χ1v) is 10.8. The van der Waals surface area contributed by atoms with Crippen molar-refractivity contribution in [3.63, 3.8) is 0 Å². The molecule has 2 aliphatic heterocycles. The second-order valence-corrected chi connectivity index (χ2v) is 8.44.